The maximum absolute atomic E-state index is 9.51. The van der Waals surface area contributed by atoms with Crippen LogP contribution in [0.1, 0.15) is 18.4 Å². The van der Waals surface area contributed by atoms with Gasteiger partial charge in [-0.2, -0.15) is 0 Å². The summed E-state index contributed by atoms with van der Waals surface area (Å²) in [5, 5.41) is 10.7. The molecule has 3 rings (SSSR count). The number of pyridine rings is 1. The van der Waals surface area contributed by atoms with E-state index in [1.807, 2.05) is 24.4 Å². The van der Waals surface area contributed by atoms with E-state index >= 15 is 0 Å². The Morgan fingerprint density at radius 1 is 1.35 bits per heavy atom. The maximum atomic E-state index is 9.51. The summed E-state index contributed by atoms with van der Waals surface area (Å²) >= 11 is 0. The van der Waals surface area contributed by atoms with Crippen LogP contribution < -0.4 is 5.73 Å². The van der Waals surface area contributed by atoms with Gasteiger partial charge in [-0.1, -0.05) is 18.2 Å². The van der Waals surface area contributed by atoms with Crippen LogP contribution in [-0.2, 0) is 5.41 Å². The number of para-hydroxylation sites is 1. The Bertz CT molecular complexity index is 547. The van der Waals surface area contributed by atoms with E-state index in [0.29, 0.717) is 6.54 Å². The molecule has 0 bridgehead atoms. The van der Waals surface area contributed by atoms with Crippen LogP contribution in [0.4, 0.5) is 0 Å². The number of fused-ring (bicyclic) bond motifs is 1. The third-order valence-corrected chi connectivity index (χ3v) is 3.85. The van der Waals surface area contributed by atoms with E-state index < -0.39 is 0 Å². The molecule has 17 heavy (non-hydrogen) atoms. The molecule has 88 valence electrons. The van der Waals surface area contributed by atoms with Gasteiger partial charge in [0.25, 0.3) is 0 Å². The molecule has 3 nitrogen and oxygen atoms in total. The molecular weight excluding hydrogens is 212 g/mol. The monoisotopic (exact) mass is 228 g/mol. The van der Waals surface area contributed by atoms with Crippen LogP contribution in [0.25, 0.3) is 10.9 Å². The molecule has 3 N–H and O–H groups in total. The van der Waals surface area contributed by atoms with Gasteiger partial charge in [-0.15, -0.1) is 0 Å². The van der Waals surface area contributed by atoms with E-state index in [1.54, 1.807) is 0 Å². The highest BCUT2D eigenvalue weighted by Crippen LogP contribution is 2.43. The third-order valence-electron chi connectivity index (χ3n) is 3.85. The van der Waals surface area contributed by atoms with Gasteiger partial charge in [0.05, 0.1) is 11.6 Å². The molecule has 0 spiro atoms. The van der Waals surface area contributed by atoms with Crippen molar-refractivity contribution in [3.63, 3.8) is 0 Å². The van der Waals surface area contributed by atoms with Crippen LogP contribution in [0.2, 0.25) is 0 Å². The first kappa shape index (κ1) is 10.7. The molecule has 1 aromatic heterocycles. The molecule has 1 saturated carbocycles. The summed E-state index contributed by atoms with van der Waals surface area (Å²) in [5.41, 5.74) is 7.97. The lowest BCUT2D eigenvalue weighted by Gasteiger charge is -2.45. The lowest BCUT2D eigenvalue weighted by Crippen LogP contribution is -2.49. The van der Waals surface area contributed by atoms with Gasteiger partial charge in [0.1, 0.15) is 0 Å². The highest BCUT2D eigenvalue weighted by Gasteiger charge is 2.43. The molecule has 0 atom stereocenters. The second-order valence-corrected chi connectivity index (χ2v) is 4.96. The summed E-state index contributed by atoms with van der Waals surface area (Å²) in [5.74, 6) is 0. The lowest BCUT2D eigenvalue weighted by atomic mass is 9.63. The minimum Gasteiger partial charge on any atom is -0.393 e. The summed E-state index contributed by atoms with van der Waals surface area (Å²) < 4.78 is 0. The van der Waals surface area contributed by atoms with Crippen LogP contribution >= 0.6 is 0 Å². The van der Waals surface area contributed by atoms with Gasteiger partial charge in [0.15, 0.2) is 0 Å². The van der Waals surface area contributed by atoms with Crippen molar-refractivity contribution >= 4 is 10.9 Å². The summed E-state index contributed by atoms with van der Waals surface area (Å²) in [6.45, 7) is 0.573. The molecule has 0 unspecified atom stereocenters. The molecule has 0 aliphatic heterocycles. The predicted octanol–water partition coefficient (Wildman–Crippen LogP) is 1.59. The molecule has 1 fully saturated rings. The highest BCUT2D eigenvalue weighted by molar-refractivity contribution is 5.79. The standard InChI is InChI=1S/C14H16N2O/c15-9-14(6-12(17)7-14)11-5-10-3-1-2-4-13(10)16-8-11/h1-5,8,12,17H,6-7,9,15H2. The average molecular weight is 228 g/mol. The number of nitrogens with two attached hydrogens (primary N) is 1. The van der Waals surface area contributed by atoms with Crippen molar-refractivity contribution in [2.75, 3.05) is 6.54 Å². The van der Waals surface area contributed by atoms with E-state index in [2.05, 4.69) is 17.1 Å². The quantitative estimate of drug-likeness (QED) is 0.820. The van der Waals surface area contributed by atoms with Gasteiger partial charge in [-0.05, 0) is 30.5 Å². The molecule has 0 saturated heterocycles. The minimum absolute atomic E-state index is 0.0591. The van der Waals surface area contributed by atoms with Crippen molar-refractivity contribution in [3.05, 3.63) is 42.1 Å². The molecule has 0 amide bonds. The number of aliphatic hydroxyl groups is 1. The van der Waals surface area contributed by atoms with Gasteiger partial charge in [0, 0.05) is 23.5 Å². The Labute approximate surface area is 100 Å². The summed E-state index contributed by atoms with van der Waals surface area (Å²) in [7, 11) is 0. The zero-order valence-corrected chi connectivity index (χ0v) is 9.63. The van der Waals surface area contributed by atoms with E-state index in [9.17, 15) is 5.11 Å². The zero-order valence-electron chi connectivity index (χ0n) is 9.63. The van der Waals surface area contributed by atoms with Crippen LogP contribution in [0.5, 0.6) is 0 Å². The predicted molar refractivity (Wildman–Crippen MR) is 67.7 cm³/mol. The Morgan fingerprint density at radius 2 is 2.12 bits per heavy atom. The number of aliphatic hydroxyl groups excluding tert-OH is 1. The number of rotatable bonds is 2. The first-order valence-electron chi connectivity index (χ1n) is 5.97. The Hall–Kier alpha value is -1.45. The number of aromatic nitrogens is 1. The Morgan fingerprint density at radius 3 is 2.82 bits per heavy atom. The van der Waals surface area contributed by atoms with Crippen LogP contribution in [-0.4, -0.2) is 22.7 Å². The van der Waals surface area contributed by atoms with E-state index in [0.717, 1.165) is 29.3 Å². The van der Waals surface area contributed by atoms with Crippen molar-refractivity contribution in [3.8, 4) is 0 Å². The largest absolute Gasteiger partial charge is 0.393 e. The number of benzene rings is 1. The average Bonchev–Trinajstić information content (AvgIpc) is 2.34. The van der Waals surface area contributed by atoms with Gasteiger partial charge < -0.3 is 10.8 Å². The molecule has 3 heteroatoms. The second-order valence-electron chi connectivity index (χ2n) is 4.96. The van der Waals surface area contributed by atoms with Crippen LogP contribution in [0.15, 0.2) is 36.5 Å². The van der Waals surface area contributed by atoms with Gasteiger partial charge in [0.2, 0.25) is 0 Å². The van der Waals surface area contributed by atoms with E-state index in [4.69, 9.17) is 5.73 Å². The van der Waals surface area contributed by atoms with Crippen molar-refractivity contribution in [2.24, 2.45) is 5.73 Å². The molecule has 1 aromatic carbocycles. The maximum Gasteiger partial charge on any atom is 0.0702 e. The number of hydrogen-bond acceptors (Lipinski definition) is 3. The van der Waals surface area contributed by atoms with Gasteiger partial charge in [-0.3, -0.25) is 4.98 Å². The van der Waals surface area contributed by atoms with Crippen LogP contribution in [0.3, 0.4) is 0 Å². The summed E-state index contributed by atoms with van der Waals surface area (Å²) in [6.07, 6.45) is 3.21. The summed E-state index contributed by atoms with van der Waals surface area (Å²) in [4.78, 5) is 4.46. The third kappa shape index (κ3) is 1.63. The van der Waals surface area contributed by atoms with Crippen molar-refractivity contribution in [2.45, 2.75) is 24.4 Å². The molecular formula is C14H16N2O. The highest BCUT2D eigenvalue weighted by atomic mass is 16.3. The molecule has 1 aliphatic carbocycles. The topological polar surface area (TPSA) is 59.1 Å². The number of nitrogens with zero attached hydrogens (tertiary/aromatic N) is 1. The fourth-order valence-electron chi connectivity index (χ4n) is 2.72. The first-order valence-corrected chi connectivity index (χ1v) is 5.97. The lowest BCUT2D eigenvalue weighted by molar-refractivity contribution is 0.0221. The smallest absolute Gasteiger partial charge is 0.0702 e. The fourth-order valence-corrected chi connectivity index (χ4v) is 2.72. The normalized spacial score (nSPS) is 28.0. The van der Waals surface area contributed by atoms with Gasteiger partial charge >= 0.3 is 0 Å². The minimum atomic E-state index is -0.204. The van der Waals surface area contributed by atoms with Gasteiger partial charge in [-0.25, -0.2) is 0 Å². The molecule has 0 radical (unpaired) electrons. The van der Waals surface area contributed by atoms with Crippen molar-refractivity contribution in [1.82, 2.24) is 4.98 Å². The Balaban J connectivity index is 2.06. The number of hydrogen-bond donors (Lipinski definition) is 2. The van der Waals surface area contributed by atoms with Crippen molar-refractivity contribution in [1.29, 1.82) is 0 Å². The second kappa shape index (κ2) is 3.79. The summed E-state index contributed by atoms with van der Waals surface area (Å²) in [6, 6.07) is 10.2. The van der Waals surface area contributed by atoms with Crippen LogP contribution in [0, 0.1) is 0 Å². The molecule has 1 heterocycles. The zero-order chi connectivity index (χ0) is 11.9. The first-order chi connectivity index (χ1) is 8.23. The van der Waals surface area contributed by atoms with E-state index in [-0.39, 0.29) is 11.5 Å². The molecule has 2 aromatic rings. The molecule has 1 aliphatic rings. The fraction of sp³-hybridized carbons (Fsp3) is 0.357. The van der Waals surface area contributed by atoms with E-state index in [1.165, 1.54) is 0 Å². The Kier molecular flexibility index (Phi) is 2.38. The SMILES string of the molecule is NCC1(c2cnc3ccccc3c2)CC(O)C1. The van der Waals surface area contributed by atoms with Crippen molar-refractivity contribution < 1.29 is 5.11 Å².